The standard InChI is InChI=1S/C25H35NO2/c1-3-5-7-8-9-10-18-28-24-17-14-22(25(27)19-24)20-26-23-15-12-21(13-16-23)11-6-4-2/h12-17,19-20,27H,3-11,18H2,1-2H3. The first-order valence-electron chi connectivity index (χ1n) is 10.8. The molecule has 0 unspecified atom stereocenters. The minimum absolute atomic E-state index is 0.198. The van der Waals surface area contributed by atoms with Gasteiger partial charge in [0.05, 0.1) is 12.3 Å². The van der Waals surface area contributed by atoms with Crippen LogP contribution >= 0.6 is 0 Å². The molecule has 2 rings (SSSR count). The van der Waals surface area contributed by atoms with Crippen molar-refractivity contribution in [2.45, 2.75) is 71.6 Å². The number of hydrogen-bond acceptors (Lipinski definition) is 3. The molecule has 3 heteroatoms. The van der Waals surface area contributed by atoms with Gasteiger partial charge in [0.15, 0.2) is 0 Å². The third kappa shape index (κ3) is 8.16. The number of rotatable bonds is 13. The SMILES string of the molecule is CCCCCCCCOc1ccc(C=Nc2ccc(CCCC)cc2)c(O)c1. The Hall–Kier alpha value is -2.29. The number of unbranched alkanes of at least 4 members (excludes halogenated alkanes) is 6. The van der Waals surface area contributed by atoms with Gasteiger partial charge in [-0.1, -0.05) is 64.5 Å². The van der Waals surface area contributed by atoms with Crippen LogP contribution in [-0.4, -0.2) is 17.9 Å². The number of phenolic OH excluding ortho intramolecular Hbond substituents is 1. The van der Waals surface area contributed by atoms with Crippen LogP contribution in [0.2, 0.25) is 0 Å². The van der Waals surface area contributed by atoms with Crippen LogP contribution in [0, 0.1) is 0 Å². The van der Waals surface area contributed by atoms with E-state index in [9.17, 15) is 5.11 Å². The maximum absolute atomic E-state index is 10.2. The molecule has 0 aromatic heterocycles. The molecule has 0 saturated heterocycles. The number of aryl methyl sites for hydroxylation is 1. The molecule has 2 aromatic rings. The van der Waals surface area contributed by atoms with Crippen LogP contribution in [0.5, 0.6) is 11.5 Å². The summed E-state index contributed by atoms with van der Waals surface area (Å²) in [5.41, 5.74) is 2.93. The molecule has 0 saturated carbocycles. The Bertz CT molecular complexity index is 707. The van der Waals surface area contributed by atoms with Crippen molar-refractivity contribution in [2.75, 3.05) is 6.61 Å². The normalized spacial score (nSPS) is 11.2. The van der Waals surface area contributed by atoms with E-state index in [0.717, 1.165) is 18.5 Å². The molecule has 0 aliphatic rings. The van der Waals surface area contributed by atoms with E-state index < -0.39 is 0 Å². The zero-order valence-corrected chi connectivity index (χ0v) is 17.5. The maximum atomic E-state index is 10.2. The van der Waals surface area contributed by atoms with Gasteiger partial charge in [-0.05, 0) is 49.1 Å². The van der Waals surface area contributed by atoms with Crippen LogP contribution in [0.3, 0.4) is 0 Å². The van der Waals surface area contributed by atoms with E-state index in [0.29, 0.717) is 17.9 Å². The van der Waals surface area contributed by atoms with Crippen LogP contribution in [-0.2, 0) is 6.42 Å². The van der Waals surface area contributed by atoms with Crippen LogP contribution < -0.4 is 4.74 Å². The summed E-state index contributed by atoms with van der Waals surface area (Å²) in [5, 5.41) is 10.2. The summed E-state index contributed by atoms with van der Waals surface area (Å²) in [6.07, 6.45) is 12.7. The largest absolute Gasteiger partial charge is 0.507 e. The Balaban J connectivity index is 1.80. The molecule has 0 spiro atoms. The lowest BCUT2D eigenvalue weighted by atomic mass is 10.1. The highest BCUT2D eigenvalue weighted by atomic mass is 16.5. The Morgan fingerprint density at radius 1 is 0.857 bits per heavy atom. The molecular weight excluding hydrogens is 346 g/mol. The van der Waals surface area contributed by atoms with Gasteiger partial charge in [0.1, 0.15) is 11.5 Å². The van der Waals surface area contributed by atoms with Gasteiger partial charge >= 0.3 is 0 Å². The fourth-order valence-corrected chi connectivity index (χ4v) is 3.07. The summed E-state index contributed by atoms with van der Waals surface area (Å²) < 4.78 is 5.75. The van der Waals surface area contributed by atoms with Gasteiger partial charge in [0.2, 0.25) is 0 Å². The predicted molar refractivity (Wildman–Crippen MR) is 119 cm³/mol. The second kappa shape index (κ2) is 13.0. The fourth-order valence-electron chi connectivity index (χ4n) is 3.07. The topological polar surface area (TPSA) is 41.8 Å². The summed E-state index contributed by atoms with van der Waals surface area (Å²) in [7, 11) is 0. The molecular formula is C25H35NO2. The Morgan fingerprint density at radius 2 is 1.57 bits per heavy atom. The highest BCUT2D eigenvalue weighted by Gasteiger charge is 2.02. The smallest absolute Gasteiger partial charge is 0.128 e. The Labute approximate surface area is 170 Å². The third-order valence-electron chi connectivity index (χ3n) is 4.88. The molecule has 0 aliphatic carbocycles. The minimum Gasteiger partial charge on any atom is -0.507 e. The Morgan fingerprint density at radius 3 is 2.29 bits per heavy atom. The average Bonchev–Trinajstić information content (AvgIpc) is 2.72. The average molecular weight is 382 g/mol. The molecule has 0 heterocycles. The van der Waals surface area contributed by atoms with Gasteiger partial charge in [-0.2, -0.15) is 0 Å². The van der Waals surface area contributed by atoms with Gasteiger partial charge in [-0.25, -0.2) is 0 Å². The second-order valence-electron chi connectivity index (χ2n) is 7.37. The minimum atomic E-state index is 0.198. The zero-order chi connectivity index (χ0) is 20.0. The Kier molecular flexibility index (Phi) is 10.2. The van der Waals surface area contributed by atoms with E-state index in [1.807, 2.05) is 24.3 Å². The molecule has 3 nitrogen and oxygen atoms in total. The molecule has 0 fully saturated rings. The van der Waals surface area contributed by atoms with Gasteiger partial charge in [-0.15, -0.1) is 0 Å². The third-order valence-corrected chi connectivity index (χ3v) is 4.88. The number of hydrogen-bond donors (Lipinski definition) is 1. The quantitative estimate of drug-likeness (QED) is 0.294. The van der Waals surface area contributed by atoms with Crippen molar-refractivity contribution in [3.63, 3.8) is 0 Å². The van der Waals surface area contributed by atoms with Crippen molar-refractivity contribution < 1.29 is 9.84 Å². The maximum Gasteiger partial charge on any atom is 0.128 e. The van der Waals surface area contributed by atoms with Crippen molar-refractivity contribution in [1.82, 2.24) is 0 Å². The zero-order valence-electron chi connectivity index (χ0n) is 17.5. The molecule has 28 heavy (non-hydrogen) atoms. The molecule has 152 valence electrons. The molecule has 0 atom stereocenters. The number of aliphatic imine (C=N–C) groups is 1. The number of nitrogens with zero attached hydrogens (tertiary/aromatic N) is 1. The van der Waals surface area contributed by atoms with Crippen LogP contribution in [0.25, 0.3) is 0 Å². The predicted octanol–water partition coefficient (Wildman–Crippen LogP) is 7.22. The molecule has 0 bridgehead atoms. The van der Waals surface area contributed by atoms with E-state index in [1.54, 1.807) is 12.3 Å². The van der Waals surface area contributed by atoms with Gasteiger partial charge in [-0.3, -0.25) is 4.99 Å². The van der Waals surface area contributed by atoms with Gasteiger partial charge in [0, 0.05) is 17.8 Å². The lowest BCUT2D eigenvalue weighted by Crippen LogP contribution is -1.97. The molecule has 0 radical (unpaired) electrons. The highest BCUT2D eigenvalue weighted by molar-refractivity contribution is 5.85. The van der Waals surface area contributed by atoms with E-state index in [1.165, 1.54) is 50.5 Å². The number of aromatic hydroxyl groups is 1. The first kappa shape index (κ1) is 22.0. The van der Waals surface area contributed by atoms with Crippen LogP contribution in [0.15, 0.2) is 47.5 Å². The van der Waals surface area contributed by atoms with Crippen molar-refractivity contribution in [3.8, 4) is 11.5 Å². The molecule has 0 aliphatic heterocycles. The van der Waals surface area contributed by atoms with Crippen molar-refractivity contribution in [1.29, 1.82) is 0 Å². The molecule has 2 aromatic carbocycles. The first-order chi connectivity index (χ1) is 13.7. The van der Waals surface area contributed by atoms with Gasteiger partial charge < -0.3 is 9.84 Å². The summed E-state index contributed by atoms with van der Waals surface area (Å²) >= 11 is 0. The van der Waals surface area contributed by atoms with E-state index in [-0.39, 0.29) is 5.75 Å². The van der Waals surface area contributed by atoms with Gasteiger partial charge in [0.25, 0.3) is 0 Å². The first-order valence-corrected chi connectivity index (χ1v) is 10.8. The second-order valence-corrected chi connectivity index (χ2v) is 7.37. The summed E-state index contributed by atoms with van der Waals surface area (Å²) in [6.45, 7) is 5.13. The summed E-state index contributed by atoms with van der Waals surface area (Å²) in [4.78, 5) is 4.47. The van der Waals surface area contributed by atoms with E-state index in [4.69, 9.17) is 4.74 Å². The summed E-state index contributed by atoms with van der Waals surface area (Å²) in [6, 6.07) is 13.7. The highest BCUT2D eigenvalue weighted by Crippen LogP contribution is 2.24. The lowest BCUT2D eigenvalue weighted by Gasteiger charge is -2.08. The number of benzene rings is 2. The lowest BCUT2D eigenvalue weighted by molar-refractivity contribution is 0.302. The fraction of sp³-hybridized carbons (Fsp3) is 0.480. The van der Waals surface area contributed by atoms with Crippen LogP contribution in [0.4, 0.5) is 5.69 Å². The van der Waals surface area contributed by atoms with Crippen molar-refractivity contribution in [3.05, 3.63) is 53.6 Å². The van der Waals surface area contributed by atoms with Crippen molar-refractivity contribution in [2.24, 2.45) is 4.99 Å². The number of phenols is 1. The van der Waals surface area contributed by atoms with E-state index in [2.05, 4.69) is 31.0 Å². The molecule has 0 amide bonds. The monoisotopic (exact) mass is 381 g/mol. The number of ether oxygens (including phenoxy) is 1. The van der Waals surface area contributed by atoms with E-state index >= 15 is 0 Å². The van der Waals surface area contributed by atoms with Crippen LogP contribution in [0.1, 0.15) is 76.3 Å². The molecule has 1 N–H and O–H groups in total. The van der Waals surface area contributed by atoms with Crippen molar-refractivity contribution >= 4 is 11.9 Å². The summed E-state index contributed by atoms with van der Waals surface area (Å²) in [5.74, 6) is 0.909.